The third-order valence-corrected chi connectivity index (χ3v) is 3.76. The molecule has 4 nitrogen and oxygen atoms in total. The SMILES string of the molecule is CNc1ccc(C)cc1C(=O)NC1CCCC1OC. The molecular formula is C15H22N2O2. The summed E-state index contributed by atoms with van der Waals surface area (Å²) in [4.78, 5) is 12.4. The molecule has 2 N–H and O–H groups in total. The van der Waals surface area contributed by atoms with E-state index >= 15 is 0 Å². The van der Waals surface area contributed by atoms with E-state index in [0.29, 0.717) is 5.56 Å². The lowest BCUT2D eigenvalue weighted by molar-refractivity contribution is 0.0722. The molecule has 0 aromatic heterocycles. The van der Waals surface area contributed by atoms with Gasteiger partial charge >= 0.3 is 0 Å². The molecule has 0 heterocycles. The van der Waals surface area contributed by atoms with E-state index in [0.717, 1.165) is 30.5 Å². The van der Waals surface area contributed by atoms with Gasteiger partial charge < -0.3 is 15.4 Å². The minimum Gasteiger partial charge on any atom is -0.387 e. The highest BCUT2D eigenvalue weighted by molar-refractivity contribution is 6.00. The number of nitrogens with one attached hydrogen (secondary N) is 2. The highest BCUT2D eigenvalue weighted by Crippen LogP contribution is 2.23. The van der Waals surface area contributed by atoms with Crippen molar-refractivity contribution in [3.05, 3.63) is 29.3 Å². The largest absolute Gasteiger partial charge is 0.387 e. The van der Waals surface area contributed by atoms with Crippen LogP contribution in [0.15, 0.2) is 18.2 Å². The molecule has 1 saturated carbocycles. The van der Waals surface area contributed by atoms with Crippen molar-refractivity contribution in [3.8, 4) is 0 Å². The Morgan fingerprint density at radius 2 is 2.16 bits per heavy atom. The lowest BCUT2D eigenvalue weighted by Gasteiger charge is -2.20. The highest BCUT2D eigenvalue weighted by Gasteiger charge is 2.29. The summed E-state index contributed by atoms with van der Waals surface area (Å²) >= 11 is 0. The van der Waals surface area contributed by atoms with Crippen molar-refractivity contribution < 1.29 is 9.53 Å². The Labute approximate surface area is 114 Å². The van der Waals surface area contributed by atoms with Crippen molar-refractivity contribution in [1.29, 1.82) is 0 Å². The first-order valence-electron chi connectivity index (χ1n) is 6.77. The van der Waals surface area contributed by atoms with E-state index in [1.54, 1.807) is 7.11 Å². The Balaban J connectivity index is 2.13. The lowest BCUT2D eigenvalue weighted by atomic mass is 10.1. The molecule has 1 aromatic rings. The number of benzene rings is 1. The topological polar surface area (TPSA) is 50.4 Å². The van der Waals surface area contributed by atoms with E-state index in [4.69, 9.17) is 4.74 Å². The monoisotopic (exact) mass is 262 g/mol. The van der Waals surface area contributed by atoms with Crippen LogP contribution in [-0.2, 0) is 4.74 Å². The van der Waals surface area contributed by atoms with E-state index in [2.05, 4.69) is 10.6 Å². The fourth-order valence-electron chi connectivity index (χ4n) is 2.68. The molecule has 4 heteroatoms. The quantitative estimate of drug-likeness (QED) is 0.875. The third-order valence-electron chi connectivity index (χ3n) is 3.76. The maximum atomic E-state index is 12.4. The molecule has 1 fully saturated rings. The van der Waals surface area contributed by atoms with Gasteiger partial charge in [0.15, 0.2) is 0 Å². The molecule has 1 amide bonds. The van der Waals surface area contributed by atoms with Crippen LogP contribution in [0, 0.1) is 6.92 Å². The molecule has 1 aromatic carbocycles. The van der Waals surface area contributed by atoms with Gasteiger partial charge in [-0.1, -0.05) is 11.6 Å². The Bertz CT molecular complexity index is 459. The number of rotatable bonds is 4. The number of anilines is 1. The number of carbonyl (C=O) groups excluding carboxylic acids is 1. The van der Waals surface area contributed by atoms with Gasteiger partial charge in [0.05, 0.1) is 17.7 Å². The number of carbonyl (C=O) groups is 1. The van der Waals surface area contributed by atoms with E-state index in [1.807, 2.05) is 32.2 Å². The fourth-order valence-corrected chi connectivity index (χ4v) is 2.68. The smallest absolute Gasteiger partial charge is 0.253 e. The molecule has 0 saturated heterocycles. The number of amides is 1. The summed E-state index contributed by atoms with van der Waals surface area (Å²) in [7, 11) is 3.54. The molecule has 104 valence electrons. The van der Waals surface area contributed by atoms with Crippen molar-refractivity contribution in [3.63, 3.8) is 0 Å². The minimum absolute atomic E-state index is 0.0259. The fraction of sp³-hybridized carbons (Fsp3) is 0.533. The number of ether oxygens (including phenoxy) is 1. The van der Waals surface area contributed by atoms with Gasteiger partial charge in [-0.25, -0.2) is 0 Å². The number of methoxy groups -OCH3 is 1. The number of hydrogen-bond donors (Lipinski definition) is 2. The Hall–Kier alpha value is -1.55. The lowest BCUT2D eigenvalue weighted by Crippen LogP contribution is -2.40. The van der Waals surface area contributed by atoms with E-state index in [-0.39, 0.29) is 18.1 Å². The van der Waals surface area contributed by atoms with Gasteiger partial charge in [-0.3, -0.25) is 4.79 Å². The molecule has 0 aliphatic heterocycles. The standard InChI is InChI=1S/C15H22N2O2/c1-10-7-8-12(16-2)11(9-10)15(18)17-13-5-4-6-14(13)19-3/h7-9,13-14,16H,4-6H2,1-3H3,(H,17,18). The second kappa shape index (κ2) is 6.06. The average molecular weight is 262 g/mol. The van der Waals surface area contributed by atoms with E-state index in [9.17, 15) is 4.79 Å². The van der Waals surface area contributed by atoms with Gasteiger partial charge in [0.2, 0.25) is 0 Å². The van der Waals surface area contributed by atoms with E-state index in [1.165, 1.54) is 0 Å². The van der Waals surface area contributed by atoms with Crippen molar-refractivity contribution in [1.82, 2.24) is 5.32 Å². The zero-order valence-electron chi connectivity index (χ0n) is 11.8. The van der Waals surface area contributed by atoms with Crippen LogP contribution < -0.4 is 10.6 Å². The highest BCUT2D eigenvalue weighted by atomic mass is 16.5. The van der Waals surface area contributed by atoms with Gasteiger partial charge in [0.1, 0.15) is 0 Å². The van der Waals surface area contributed by atoms with Crippen molar-refractivity contribution in [2.24, 2.45) is 0 Å². The molecule has 2 unspecified atom stereocenters. The maximum absolute atomic E-state index is 12.4. The van der Waals surface area contributed by atoms with Crippen molar-refractivity contribution in [2.75, 3.05) is 19.5 Å². The first-order chi connectivity index (χ1) is 9.15. The zero-order valence-corrected chi connectivity index (χ0v) is 11.8. The van der Waals surface area contributed by atoms with Crippen LogP contribution in [0.25, 0.3) is 0 Å². The molecule has 0 radical (unpaired) electrons. The van der Waals surface area contributed by atoms with E-state index < -0.39 is 0 Å². The predicted molar refractivity (Wildman–Crippen MR) is 76.6 cm³/mol. The van der Waals surface area contributed by atoms with Crippen LogP contribution in [0.4, 0.5) is 5.69 Å². The number of hydrogen-bond acceptors (Lipinski definition) is 3. The third kappa shape index (κ3) is 3.07. The summed E-state index contributed by atoms with van der Waals surface area (Å²) in [6, 6.07) is 5.98. The normalized spacial score (nSPS) is 22.3. The van der Waals surface area contributed by atoms with Crippen LogP contribution in [0.2, 0.25) is 0 Å². The second-order valence-corrected chi connectivity index (χ2v) is 5.08. The van der Waals surface area contributed by atoms with Crippen LogP contribution in [-0.4, -0.2) is 32.2 Å². The molecule has 1 aliphatic carbocycles. The Morgan fingerprint density at radius 3 is 2.84 bits per heavy atom. The maximum Gasteiger partial charge on any atom is 0.253 e. The first-order valence-corrected chi connectivity index (χ1v) is 6.77. The second-order valence-electron chi connectivity index (χ2n) is 5.08. The van der Waals surface area contributed by atoms with Crippen LogP contribution in [0.1, 0.15) is 35.2 Å². The summed E-state index contributed by atoms with van der Waals surface area (Å²) in [6.07, 6.45) is 3.27. The summed E-state index contributed by atoms with van der Waals surface area (Å²) in [5.74, 6) is -0.0259. The molecule has 1 aliphatic rings. The summed E-state index contributed by atoms with van der Waals surface area (Å²) in [6.45, 7) is 1.99. The predicted octanol–water partition coefficient (Wildman–Crippen LogP) is 2.33. The molecule has 2 rings (SSSR count). The van der Waals surface area contributed by atoms with Gasteiger partial charge in [-0.2, -0.15) is 0 Å². The Morgan fingerprint density at radius 1 is 1.37 bits per heavy atom. The number of aryl methyl sites for hydroxylation is 1. The minimum atomic E-state index is -0.0259. The van der Waals surface area contributed by atoms with Crippen LogP contribution >= 0.6 is 0 Å². The molecular weight excluding hydrogens is 240 g/mol. The Kier molecular flexibility index (Phi) is 4.43. The molecule has 19 heavy (non-hydrogen) atoms. The van der Waals surface area contributed by atoms with Gasteiger partial charge in [0, 0.05) is 19.8 Å². The van der Waals surface area contributed by atoms with Crippen LogP contribution in [0.5, 0.6) is 0 Å². The first kappa shape index (κ1) is 13.9. The summed E-state index contributed by atoms with van der Waals surface area (Å²) in [5.41, 5.74) is 2.64. The summed E-state index contributed by atoms with van der Waals surface area (Å²) < 4.78 is 5.41. The summed E-state index contributed by atoms with van der Waals surface area (Å²) in [5, 5.41) is 6.16. The molecule has 2 atom stereocenters. The van der Waals surface area contributed by atoms with Gasteiger partial charge in [-0.05, 0) is 38.3 Å². The molecule has 0 bridgehead atoms. The van der Waals surface area contributed by atoms with Crippen molar-refractivity contribution in [2.45, 2.75) is 38.3 Å². The average Bonchev–Trinajstić information content (AvgIpc) is 2.85. The molecule has 0 spiro atoms. The van der Waals surface area contributed by atoms with Crippen LogP contribution in [0.3, 0.4) is 0 Å². The zero-order chi connectivity index (χ0) is 13.8. The van der Waals surface area contributed by atoms with Crippen molar-refractivity contribution >= 4 is 11.6 Å². The van der Waals surface area contributed by atoms with Gasteiger partial charge in [-0.15, -0.1) is 0 Å². The van der Waals surface area contributed by atoms with Gasteiger partial charge in [0.25, 0.3) is 5.91 Å².